The highest BCUT2D eigenvalue weighted by molar-refractivity contribution is 6.31. The molecule has 0 saturated carbocycles. The van der Waals surface area contributed by atoms with Gasteiger partial charge in [-0.2, -0.15) is 0 Å². The Morgan fingerprint density at radius 2 is 1.70 bits per heavy atom. The van der Waals surface area contributed by atoms with Gasteiger partial charge in [-0.25, -0.2) is 4.39 Å². The molecule has 0 unspecified atom stereocenters. The third kappa shape index (κ3) is 3.56. The molecular formula is C15H15Cl2FN2. The van der Waals surface area contributed by atoms with Crippen molar-refractivity contribution in [2.45, 2.75) is 6.54 Å². The van der Waals surface area contributed by atoms with E-state index in [2.05, 4.69) is 5.32 Å². The van der Waals surface area contributed by atoms with E-state index in [0.717, 1.165) is 11.4 Å². The first-order valence-electron chi connectivity index (χ1n) is 6.12. The summed E-state index contributed by atoms with van der Waals surface area (Å²) in [5.41, 5.74) is 2.40. The highest BCUT2D eigenvalue weighted by Crippen LogP contribution is 2.28. The second kappa shape index (κ2) is 6.33. The normalized spacial score (nSPS) is 10.4. The first kappa shape index (κ1) is 14.9. The van der Waals surface area contributed by atoms with E-state index in [0.29, 0.717) is 22.2 Å². The summed E-state index contributed by atoms with van der Waals surface area (Å²) in [5.74, 6) is -0.321. The summed E-state index contributed by atoms with van der Waals surface area (Å²) in [4.78, 5) is 1.97. The van der Waals surface area contributed by atoms with E-state index in [1.54, 1.807) is 12.1 Å². The number of anilines is 2. The lowest BCUT2D eigenvalue weighted by Gasteiger charge is -2.19. The zero-order valence-electron chi connectivity index (χ0n) is 11.3. The Morgan fingerprint density at radius 1 is 1.05 bits per heavy atom. The lowest BCUT2D eigenvalue weighted by Crippen LogP contribution is -2.12. The second-order valence-corrected chi connectivity index (χ2v) is 5.52. The van der Waals surface area contributed by atoms with E-state index in [1.807, 2.05) is 37.2 Å². The minimum absolute atomic E-state index is 0.321. The van der Waals surface area contributed by atoms with Gasteiger partial charge in [-0.15, -0.1) is 0 Å². The fourth-order valence-electron chi connectivity index (χ4n) is 1.90. The van der Waals surface area contributed by atoms with Gasteiger partial charge in [0.2, 0.25) is 0 Å². The third-order valence-corrected chi connectivity index (χ3v) is 3.40. The van der Waals surface area contributed by atoms with E-state index < -0.39 is 0 Å². The average molecular weight is 313 g/mol. The van der Waals surface area contributed by atoms with Crippen LogP contribution in [-0.2, 0) is 6.54 Å². The molecule has 0 atom stereocenters. The van der Waals surface area contributed by atoms with Gasteiger partial charge in [0.25, 0.3) is 0 Å². The number of hydrogen-bond acceptors (Lipinski definition) is 2. The molecule has 2 aromatic carbocycles. The molecule has 2 aromatic rings. The molecule has 2 nitrogen and oxygen atoms in total. The summed E-state index contributed by atoms with van der Waals surface area (Å²) in [6.07, 6.45) is 0. The standard InChI is InChI=1S/C15H15Cl2FN2/c1-20(2)15-6-5-12(17)8-14(15)19-9-10-3-4-11(16)7-13(10)18/h3-8,19H,9H2,1-2H3. The molecule has 2 rings (SSSR count). The van der Waals surface area contributed by atoms with Crippen LogP contribution in [0.2, 0.25) is 10.0 Å². The van der Waals surface area contributed by atoms with E-state index in [1.165, 1.54) is 6.07 Å². The van der Waals surface area contributed by atoms with E-state index >= 15 is 0 Å². The van der Waals surface area contributed by atoms with Crippen molar-refractivity contribution in [2.75, 3.05) is 24.3 Å². The van der Waals surface area contributed by atoms with Crippen molar-refractivity contribution in [1.82, 2.24) is 0 Å². The predicted octanol–water partition coefficient (Wildman–Crippen LogP) is 4.81. The maximum atomic E-state index is 13.7. The molecule has 0 aliphatic rings. The minimum atomic E-state index is -0.321. The maximum Gasteiger partial charge on any atom is 0.129 e. The summed E-state index contributed by atoms with van der Waals surface area (Å²) in [7, 11) is 3.88. The summed E-state index contributed by atoms with van der Waals surface area (Å²) < 4.78 is 13.7. The molecule has 0 aliphatic carbocycles. The SMILES string of the molecule is CN(C)c1ccc(Cl)cc1NCc1ccc(Cl)cc1F. The zero-order valence-corrected chi connectivity index (χ0v) is 12.8. The molecule has 0 heterocycles. The van der Waals surface area contributed by atoms with Gasteiger partial charge in [0.05, 0.1) is 11.4 Å². The molecule has 0 spiro atoms. The van der Waals surface area contributed by atoms with Crippen LogP contribution >= 0.6 is 23.2 Å². The Hall–Kier alpha value is -1.45. The fourth-order valence-corrected chi connectivity index (χ4v) is 2.23. The molecule has 0 aromatic heterocycles. The van der Waals surface area contributed by atoms with Gasteiger partial charge in [-0.1, -0.05) is 29.3 Å². The highest BCUT2D eigenvalue weighted by atomic mass is 35.5. The van der Waals surface area contributed by atoms with Crippen molar-refractivity contribution in [3.63, 3.8) is 0 Å². The van der Waals surface area contributed by atoms with Crippen molar-refractivity contribution in [3.8, 4) is 0 Å². The minimum Gasteiger partial charge on any atom is -0.379 e. The largest absolute Gasteiger partial charge is 0.379 e. The Kier molecular flexibility index (Phi) is 4.73. The zero-order chi connectivity index (χ0) is 14.7. The van der Waals surface area contributed by atoms with Gasteiger partial charge in [0.15, 0.2) is 0 Å². The van der Waals surface area contributed by atoms with E-state index in [9.17, 15) is 4.39 Å². The van der Waals surface area contributed by atoms with Crippen LogP contribution in [0.5, 0.6) is 0 Å². The summed E-state index contributed by atoms with van der Waals surface area (Å²) in [6.45, 7) is 0.365. The number of hydrogen-bond donors (Lipinski definition) is 1. The van der Waals surface area contributed by atoms with Crippen molar-refractivity contribution in [2.24, 2.45) is 0 Å². The van der Waals surface area contributed by atoms with Crippen molar-refractivity contribution < 1.29 is 4.39 Å². The van der Waals surface area contributed by atoms with Crippen LogP contribution in [0.1, 0.15) is 5.56 Å². The number of halogens is 3. The van der Waals surface area contributed by atoms with Crippen molar-refractivity contribution in [1.29, 1.82) is 0 Å². The number of nitrogens with one attached hydrogen (secondary N) is 1. The van der Waals surface area contributed by atoms with Gasteiger partial charge in [0, 0.05) is 36.2 Å². The second-order valence-electron chi connectivity index (χ2n) is 4.65. The van der Waals surface area contributed by atoms with Crippen molar-refractivity contribution >= 4 is 34.6 Å². The van der Waals surface area contributed by atoms with Crippen molar-refractivity contribution in [3.05, 3.63) is 57.8 Å². The van der Waals surface area contributed by atoms with Crippen LogP contribution in [0.4, 0.5) is 15.8 Å². The van der Waals surface area contributed by atoms with Gasteiger partial charge in [0.1, 0.15) is 5.82 Å². The Balaban J connectivity index is 2.20. The lowest BCUT2D eigenvalue weighted by molar-refractivity contribution is 0.613. The average Bonchev–Trinajstić information content (AvgIpc) is 2.37. The predicted molar refractivity (Wildman–Crippen MR) is 84.5 cm³/mol. The summed E-state index contributed by atoms with van der Waals surface area (Å²) >= 11 is 11.7. The smallest absolute Gasteiger partial charge is 0.129 e. The first-order chi connectivity index (χ1) is 9.47. The van der Waals surface area contributed by atoms with E-state index in [-0.39, 0.29) is 5.82 Å². The summed E-state index contributed by atoms with van der Waals surface area (Å²) in [6, 6.07) is 10.2. The van der Waals surface area contributed by atoms with Crippen LogP contribution < -0.4 is 10.2 Å². The number of benzene rings is 2. The topological polar surface area (TPSA) is 15.3 Å². The molecule has 106 valence electrons. The lowest BCUT2D eigenvalue weighted by atomic mass is 10.2. The van der Waals surface area contributed by atoms with Gasteiger partial charge >= 0.3 is 0 Å². The first-order valence-corrected chi connectivity index (χ1v) is 6.87. The van der Waals surface area contributed by atoms with Gasteiger partial charge < -0.3 is 10.2 Å². The molecule has 5 heteroatoms. The van der Waals surface area contributed by atoms with Crippen LogP contribution in [0.3, 0.4) is 0 Å². The van der Waals surface area contributed by atoms with Crippen LogP contribution in [0, 0.1) is 5.82 Å². The Labute approximate surface area is 128 Å². The van der Waals surface area contributed by atoms with Crippen LogP contribution in [0.15, 0.2) is 36.4 Å². The van der Waals surface area contributed by atoms with Crippen LogP contribution in [0.25, 0.3) is 0 Å². The molecule has 0 saturated heterocycles. The summed E-state index contributed by atoms with van der Waals surface area (Å²) in [5, 5.41) is 4.23. The molecule has 20 heavy (non-hydrogen) atoms. The Bertz CT molecular complexity index is 615. The van der Waals surface area contributed by atoms with Gasteiger partial charge in [-0.05, 0) is 30.3 Å². The van der Waals surface area contributed by atoms with Crippen LogP contribution in [-0.4, -0.2) is 14.1 Å². The molecule has 0 fully saturated rings. The molecule has 1 N–H and O–H groups in total. The fraction of sp³-hybridized carbons (Fsp3) is 0.200. The molecule has 0 amide bonds. The monoisotopic (exact) mass is 312 g/mol. The van der Waals surface area contributed by atoms with E-state index in [4.69, 9.17) is 23.2 Å². The molecule has 0 radical (unpaired) electrons. The molecule has 0 bridgehead atoms. The highest BCUT2D eigenvalue weighted by Gasteiger charge is 2.07. The van der Waals surface area contributed by atoms with Gasteiger partial charge in [-0.3, -0.25) is 0 Å². The maximum absolute atomic E-state index is 13.7. The number of rotatable bonds is 4. The Morgan fingerprint density at radius 3 is 2.35 bits per heavy atom. The molecular weight excluding hydrogens is 298 g/mol. The molecule has 0 aliphatic heterocycles. The quantitative estimate of drug-likeness (QED) is 0.871. The third-order valence-electron chi connectivity index (χ3n) is 2.92. The number of nitrogens with zero attached hydrogens (tertiary/aromatic N) is 1.